The Balaban J connectivity index is 2.47. The molecule has 0 spiro atoms. The normalized spacial score (nSPS) is 15.8. The van der Waals surface area contributed by atoms with E-state index in [-0.39, 0.29) is 0 Å². The van der Waals surface area contributed by atoms with Gasteiger partial charge in [-0.15, -0.1) is 0 Å². The van der Waals surface area contributed by atoms with Gasteiger partial charge in [-0.25, -0.2) is 0 Å². The first kappa shape index (κ1) is 8.90. The van der Waals surface area contributed by atoms with Crippen LogP contribution in [-0.2, 0) is 4.57 Å². The lowest BCUT2D eigenvalue weighted by molar-refractivity contribution is -0.167. The summed E-state index contributed by atoms with van der Waals surface area (Å²) in [5, 5.41) is 0.900. The first-order chi connectivity index (χ1) is 7.21. The Labute approximate surface area is 87.7 Å². The number of benzene rings is 2. The molecular weight excluding hydrogens is 207 g/mol. The molecule has 0 saturated carbocycles. The summed E-state index contributed by atoms with van der Waals surface area (Å²) >= 11 is 0. The zero-order valence-electron chi connectivity index (χ0n) is 7.88. The maximum Gasteiger partial charge on any atom is 0.0732 e. The van der Waals surface area contributed by atoms with Gasteiger partial charge in [-0.2, -0.15) is 0 Å². The highest BCUT2D eigenvalue weighted by Crippen LogP contribution is 2.45. The molecule has 0 atom stereocenters. The van der Waals surface area contributed by atoms with Gasteiger partial charge in [0, 0.05) is 10.6 Å². The lowest BCUT2D eigenvalue weighted by atomic mass is 10.1. The minimum Gasteiger partial charge on any atom is -0.793 e. The average Bonchev–Trinajstić information content (AvgIpc) is 2.51. The molecule has 0 bridgehead atoms. The van der Waals surface area contributed by atoms with Crippen molar-refractivity contribution in [2.75, 3.05) is 0 Å². The van der Waals surface area contributed by atoms with Gasteiger partial charge in [-0.1, -0.05) is 48.5 Å². The molecule has 0 unspecified atom stereocenters. The standard InChI is InChI=1S/C12H9O2P/c13-15(14)11-7-3-1-5-9(11)10-6-2-4-8-12(10)15/h1-8H,(H,13,14)/p-1. The molecular formula is C12H8O2P-. The Morgan fingerprint density at radius 2 is 1.20 bits per heavy atom. The van der Waals surface area contributed by atoms with Crippen LogP contribution < -0.4 is 15.5 Å². The highest BCUT2D eigenvalue weighted by molar-refractivity contribution is 7.73. The summed E-state index contributed by atoms with van der Waals surface area (Å²) < 4.78 is 12.1. The predicted octanol–water partition coefficient (Wildman–Crippen LogP) is 1.26. The summed E-state index contributed by atoms with van der Waals surface area (Å²) in [7, 11) is -3.57. The Morgan fingerprint density at radius 3 is 1.67 bits per heavy atom. The molecule has 0 aromatic heterocycles. The zero-order valence-corrected chi connectivity index (χ0v) is 8.78. The van der Waals surface area contributed by atoms with Gasteiger partial charge in [-0.3, -0.25) is 0 Å². The third kappa shape index (κ3) is 1.06. The Morgan fingerprint density at radius 1 is 0.800 bits per heavy atom. The van der Waals surface area contributed by atoms with E-state index < -0.39 is 7.37 Å². The Bertz CT molecular complexity index is 540. The van der Waals surface area contributed by atoms with E-state index in [1.54, 1.807) is 24.3 Å². The van der Waals surface area contributed by atoms with Crippen molar-refractivity contribution in [3.8, 4) is 11.1 Å². The van der Waals surface area contributed by atoms with Gasteiger partial charge in [0.25, 0.3) is 0 Å². The fourth-order valence-electron chi connectivity index (χ4n) is 2.05. The summed E-state index contributed by atoms with van der Waals surface area (Å²) in [5.74, 6) is 0. The lowest BCUT2D eigenvalue weighted by Gasteiger charge is -2.19. The van der Waals surface area contributed by atoms with Gasteiger partial charge in [0.2, 0.25) is 0 Å². The number of hydrogen-bond donors (Lipinski definition) is 0. The molecule has 0 fully saturated rings. The highest BCUT2D eigenvalue weighted by Gasteiger charge is 2.28. The molecule has 0 aliphatic carbocycles. The van der Waals surface area contributed by atoms with Crippen molar-refractivity contribution in [1.29, 1.82) is 0 Å². The summed E-state index contributed by atoms with van der Waals surface area (Å²) in [6, 6.07) is 14.3. The average molecular weight is 215 g/mol. The van der Waals surface area contributed by atoms with Crippen LogP contribution in [0.25, 0.3) is 11.1 Å². The van der Waals surface area contributed by atoms with Gasteiger partial charge < -0.3 is 9.46 Å². The van der Waals surface area contributed by atoms with E-state index in [0.29, 0.717) is 10.6 Å². The SMILES string of the molecule is O=P1([O-])c2ccccc2-c2ccccc21. The van der Waals surface area contributed by atoms with Gasteiger partial charge in [-0.05, 0) is 11.1 Å². The quantitative estimate of drug-likeness (QED) is 0.620. The summed E-state index contributed by atoms with van der Waals surface area (Å²) in [4.78, 5) is 12.1. The number of hydrogen-bond acceptors (Lipinski definition) is 2. The fraction of sp³-hybridized carbons (Fsp3) is 0. The third-order valence-electron chi connectivity index (χ3n) is 2.73. The zero-order chi connectivity index (χ0) is 10.5. The van der Waals surface area contributed by atoms with E-state index in [0.717, 1.165) is 11.1 Å². The van der Waals surface area contributed by atoms with Crippen LogP contribution in [0.2, 0.25) is 0 Å². The van der Waals surface area contributed by atoms with Crippen LogP contribution in [0.15, 0.2) is 48.5 Å². The second-order valence-corrected chi connectivity index (χ2v) is 5.65. The maximum absolute atomic E-state index is 12.1. The van der Waals surface area contributed by atoms with Crippen LogP contribution in [0.5, 0.6) is 0 Å². The molecule has 1 heterocycles. The van der Waals surface area contributed by atoms with E-state index in [9.17, 15) is 9.46 Å². The largest absolute Gasteiger partial charge is 0.793 e. The van der Waals surface area contributed by atoms with E-state index in [1.165, 1.54) is 0 Å². The van der Waals surface area contributed by atoms with Crippen molar-refractivity contribution in [2.45, 2.75) is 0 Å². The lowest BCUT2D eigenvalue weighted by Crippen LogP contribution is -2.19. The predicted molar refractivity (Wildman–Crippen MR) is 58.8 cm³/mol. The van der Waals surface area contributed by atoms with E-state index in [4.69, 9.17) is 0 Å². The third-order valence-corrected chi connectivity index (χ3v) is 4.78. The Hall–Kier alpha value is -1.37. The second kappa shape index (κ2) is 2.82. The molecule has 0 amide bonds. The van der Waals surface area contributed by atoms with E-state index in [2.05, 4.69) is 0 Å². The van der Waals surface area contributed by atoms with Crippen molar-refractivity contribution in [2.24, 2.45) is 0 Å². The van der Waals surface area contributed by atoms with E-state index in [1.807, 2.05) is 24.3 Å². The first-order valence-corrected chi connectivity index (χ1v) is 6.34. The maximum atomic E-state index is 12.1. The van der Waals surface area contributed by atoms with Crippen LogP contribution in [0.1, 0.15) is 0 Å². The summed E-state index contributed by atoms with van der Waals surface area (Å²) in [6.45, 7) is 0. The van der Waals surface area contributed by atoms with Crippen LogP contribution in [0.3, 0.4) is 0 Å². The van der Waals surface area contributed by atoms with Gasteiger partial charge in [0.1, 0.15) is 0 Å². The number of rotatable bonds is 0. The monoisotopic (exact) mass is 215 g/mol. The van der Waals surface area contributed by atoms with Crippen molar-refractivity contribution >= 4 is 18.0 Å². The summed E-state index contributed by atoms with van der Waals surface area (Å²) in [5.41, 5.74) is 1.65. The van der Waals surface area contributed by atoms with Crippen molar-refractivity contribution < 1.29 is 9.46 Å². The van der Waals surface area contributed by atoms with Gasteiger partial charge in [0.15, 0.2) is 0 Å². The molecule has 1 aliphatic heterocycles. The van der Waals surface area contributed by atoms with Crippen LogP contribution in [0, 0.1) is 0 Å². The minimum absolute atomic E-state index is 0.450. The molecule has 0 radical (unpaired) electrons. The van der Waals surface area contributed by atoms with Gasteiger partial charge >= 0.3 is 0 Å². The number of fused-ring (bicyclic) bond motifs is 3. The molecule has 2 aromatic carbocycles. The van der Waals surface area contributed by atoms with Crippen LogP contribution in [-0.4, -0.2) is 0 Å². The topological polar surface area (TPSA) is 40.1 Å². The molecule has 0 N–H and O–H groups in total. The van der Waals surface area contributed by atoms with Gasteiger partial charge in [0.05, 0.1) is 7.37 Å². The Kier molecular flexibility index (Phi) is 1.67. The molecule has 74 valence electrons. The van der Waals surface area contributed by atoms with Crippen molar-refractivity contribution in [3.05, 3.63) is 48.5 Å². The molecule has 2 aromatic rings. The minimum atomic E-state index is -3.57. The molecule has 3 heteroatoms. The molecule has 1 aliphatic rings. The van der Waals surface area contributed by atoms with Crippen LogP contribution >= 0.6 is 7.37 Å². The second-order valence-electron chi connectivity index (χ2n) is 3.59. The summed E-state index contributed by atoms with van der Waals surface area (Å²) in [6.07, 6.45) is 0. The van der Waals surface area contributed by atoms with Crippen molar-refractivity contribution in [3.63, 3.8) is 0 Å². The molecule has 2 nitrogen and oxygen atoms in total. The van der Waals surface area contributed by atoms with E-state index >= 15 is 0 Å². The van der Waals surface area contributed by atoms with Crippen molar-refractivity contribution in [1.82, 2.24) is 0 Å². The molecule has 0 saturated heterocycles. The highest BCUT2D eigenvalue weighted by atomic mass is 31.2. The molecule has 3 rings (SSSR count). The van der Waals surface area contributed by atoms with Crippen LogP contribution in [0.4, 0.5) is 0 Å². The smallest absolute Gasteiger partial charge is 0.0732 e. The fourth-order valence-corrected chi connectivity index (χ4v) is 3.89. The first-order valence-electron chi connectivity index (χ1n) is 4.72. The molecule has 15 heavy (non-hydrogen) atoms.